The largest absolute Gasteiger partial charge is 0.295 e. The summed E-state index contributed by atoms with van der Waals surface area (Å²) in [4.78, 5) is 20.6. The molecule has 0 amide bonds. The minimum atomic E-state index is -0.561. The van der Waals surface area contributed by atoms with Gasteiger partial charge in [0.1, 0.15) is 5.82 Å². The topological polar surface area (TPSA) is 60.2 Å². The Balaban J connectivity index is 2.73. The van der Waals surface area contributed by atoms with Crippen molar-refractivity contribution in [1.29, 1.82) is 0 Å². The molecular formula is C12H12FNO3. The summed E-state index contributed by atoms with van der Waals surface area (Å²) in [7, 11) is 0. The number of halogens is 1. The highest BCUT2D eigenvalue weighted by Crippen LogP contribution is 2.18. The van der Waals surface area contributed by atoms with E-state index in [2.05, 4.69) is 0 Å². The summed E-state index contributed by atoms with van der Waals surface area (Å²) in [6.45, 7) is 1.42. The Morgan fingerprint density at radius 2 is 2.24 bits per heavy atom. The van der Waals surface area contributed by atoms with Crippen LogP contribution in [0.25, 0.3) is 0 Å². The van der Waals surface area contributed by atoms with Crippen molar-refractivity contribution in [3.8, 4) is 0 Å². The first-order valence-corrected chi connectivity index (χ1v) is 5.10. The molecule has 0 aliphatic heterocycles. The Labute approximate surface area is 97.9 Å². The number of non-ortho nitro benzene ring substituents is 1. The SMILES string of the molecule is CC(=O)/C=C\CCc1cc([N+](=O)[O-])ccc1F. The van der Waals surface area contributed by atoms with Gasteiger partial charge >= 0.3 is 0 Å². The molecule has 90 valence electrons. The van der Waals surface area contributed by atoms with E-state index in [0.29, 0.717) is 12.8 Å². The van der Waals surface area contributed by atoms with Gasteiger partial charge in [0, 0.05) is 12.1 Å². The van der Waals surface area contributed by atoms with Crippen molar-refractivity contribution < 1.29 is 14.1 Å². The summed E-state index contributed by atoms with van der Waals surface area (Å²) in [6, 6.07) is 3.43. The maximum atomic E-state index is 13.3. The lowest BCUT2D eigenvalue weighted by atomic mass is 10.1. The van der Waals surface area contributed by atoms with E-state index in [1.165, 1.54) is 19.1 Å². The van der Waals surface area contributed by atoms with Gasteiger partial charge in [-0.3, -0.25) is 14.9 Å². The maximum absolute atomic E-state index is 13.3. The fraction of sp³-hybridized carbons (Fsp3) is 0.250. The van der Waals surface area contributed by atoms with Crippen LogP contribution in [0.1, 0.15) is 18.9 Å². The molecule has 4 nitrogen and oxygen atoms in total. The van der Waals surface area contributed by atoms with E-state index in [4.69, 9.17) is 0 Å². The zero-order valence-electron chi connectivity index (χ0n) is 9.35. The van der Waals surface area contributed by atoms with Crippen molar-refractivity contribution in [2.24, 2.45) is 0 Å². The van der Waals surface area contributed by atoms with E-state index >= 15 is 0 Å². The van der Waals surface area contributed by atoms with E-state index < -0.39 is 10.7 Å². The average molecular weight is 237 g/mol. The van der Waals surface area contributed by atoms with Gasteiger partial charge in [0.25, 0.3) is 5.69 Å². The zero-order valence-corrected chi connectivity index (χ0v) is 9.35. The molecule has 0 saturated heterocycles. The molecular weight excluding hydrogens is 225 g/mol. The van der Waals surface area contributed by atoms with Gasteiger partial charge in [-0.2, -0.15) is 0 Å². The monoisotopic (exact) mass is 237 g/mol. The summed E-state index contributed by atoms with van der Waals surface area (Å²) < 4.78 is 13.3. The first-order chi connectivity index (χ1) is 8.00. The second-order valence-electron chi connectivity index (χ2n) is 3.58. The molecule has 1 rings (SSSR count). The van der Waals surface area contributed by atoms with Crippen molar-refractivity contribution >= 4 is 11.5 Å². The number of carbonyl (C=O) groups excluding carboxylic acids is 1. The number of carbonyl (C=O) groups is 1. The van der Waals surface area contributed by atoms with Gasteiger partial charge < -0.3 is 0 Å². The Morgan fingerprint density at radius 1 is 1.53 bits per heavy atom. The van der Waals surface area contributed by atoms with Gasteiger partial charge in [0.05, 0.1) is 4.92 Å². The van der Waals surface area contributed by atoms with Crippen LogP contribution in [-0.2, 0) is 11.2 Å². The van der Waals surface area contributed by atoms with Crippen LogP contribution in [0.2, 0.25) is 0 Å². The highest BCUT2D eigenvalue weighted by Gasteiger charge is 2.09. The third-order valence-corrected chi connectivity index (χ3v) is 2.17. The number of benzene rings is 1. The van der Waals surface area contributed by atoms with Gasteiger partial charge in [0.15, 0.2) is 5.78 Å². The number of rotatable bonds is 5. The summed E-state index contributed by atoms with van der Waals surface area (Å²) >= 11 is 0. The number of ketones is 1. The van der Waals surface area contributed by atoms with Crippen LogP contribution in [0.5, 0.6) is 0 Å². The highest BCUT2D eigenvalue weighted by atomic mass is 19.1. The number of hydrogen-bond acceptors (Lipinski definition) is 3. The third-order valence-electron chi connectivity index (χ3n) is 2.17. The lowest BCUT2D eigenvalue weighted by molar-refractivity contribution is -0.385. The molecule has 1 aromatic carbocycles. The fourth-order valence-corrected chi connectivity index (χ4v) is 1.35. The van der Waals surface area contributed by atoms with Crippen molar-refractivity contribution in [2.45, 2.75) is 19.8 Å². The zero-order chi connectivity index (χ0) is 12.8. The Hall–Kier alpha value is -2.04. The summed E-state index contributed by atoms with van der Waals surface area (Å²) in [5.74, 6) is -0.545. The minimum absolute atomic E-state index is 0.0792. The maximum Gasteiger partial charge on any atom is 0.269 e. The van der Waals surface area contributed by atoms with Crippen LogP contribution < -0.4 is 0 Å². The minimum Gasteiger partial charge on any atom is -0.295 e. The Morgan fingerprint density at radius 3 is 2.82 bits per heavy atom. The Bertz CT molecular complexity index is 469. The summed E-state index contributed by atoms with van der Waals surface area (Å²) in [6.07, 6.45) is 3.82. The lowest BCUT2D eigenvalue weighted by Crippen LogP contribution is -1.94. The first-order valence-electron chi connectivity index (χ1n) is 5.10. The van der Waals surface area contributed by atoms with Crippen LogP contribution in [0.3, 0.4) is 0 Å². The number of allylic oxidation sites excluding steroid dienone is 2. The van der Waals surface area contributed by atoms with Gasteiger partial charge in [-0.1, -0.05) is 6.08 Å². The molecule has 0 bridgehead atoms. The van der Waals surface area contributed by atoms with Gasteiger partial charge in [-0.25, -0.2) is 4.39 Å². The smallest absolute Gasteiger partial charge is 0.269 e. The molecule has 0 N–H and O–H groups in total. The molecule has 0 aromatic heterocycles. The van der Waals surface area contributed by atoms with Crippen molar-refractivity contribution in [3.63, 3.8) is 0 Å². The van der Waals surface area contributed by atoms with E-state index in [1.807, 2.05) is 0 Å². The van der Waals surface area contributed by atoms with Crippen LogP contribution in [0, 0.1) is 15.9 Å². The predicted octanol–water partition coefficient (Wildman–Crippen LogP) is 2.81. The molecule has 0 atom stereocenters. The Kier molecular flexibility index (Phi) is 4.51. The molecule has 1 aromatic rings. The fourth-order valence-electron chi connectivity index (χ4n) is 1.35. The van der Waals surface area contributed by atoms with Crippen molar-refractivity contribution in [1.82, 2.24) is 0 Å². The number of aryl methyl sites for hydroxylation is 1. The quantitative estimate of drug-likeness (QED) is 0.449. The number of nitrogens with zero attached hydrogens (tertiary/aromatic N) is 1. The second kappa shape index (κ2) is 5.89. The summed E-state index contributed by atoms with van der Waals surface area (Å²) in [5, 5.41) is 10.5. The first kappa shape index (κ1) is 13.0. The molecule has 0 aliphatic rings. The summed E-state index contributed by atoms with van der Waals surface area (Å²) in [5.41, 5.74) is 0.157. The van der Waals surface area contributed by atoms with E-state index in [-0.39, 0.29) is 17.0 Å². The predicted molar refractivity (Wildman–Crippen MR) is 61.2 cm³/mol. The van der Waals surface area contributed by atoms with E-state index in [9.17, 15) is 19.3 Å². The molecule has 5 heteroatoms. The van der Waals surface area contributed by atoms with E-state index in [0.717, 1.165) is 12.1 Å². The van der Waals surface area contributed by atoms with Gasteiger partial charge in [0.2, 0.25) is 0 Å². The molecule has 0 unspecified atom stereocenters. The molecule has 0 heterocycles. The molecule has 0 radical (unpaired) electrons. The van der Waals surface area contributed by atoms with Crippen LogP contribution >= 0.6 is 0 Å². The second-order valence-corrected chi connectivity index (χ2v) is 3.58. The van der Waals surface area contributed by atoms with Gasteiger partial charge in [-0.15, -0.1) is 0 Å². The normalized spacial score (nSPS) is 10.7. The van der Waals surface area contributed by atoms with Crippen LogP contribution in [0.4, 0.5) is 10.1 Å². The number of nitro groups is 1. The number of hydrogen-bond donors (Lipinski definition) is 0. The number of nitro benzene ring substituents is 1. The standard InChI is InChI=1S/C12H12FNO3/c1-9(15)4-2-3-5-10-8-11(14(16)17)6-7-12(10)13/h2,4,6-8H,3,5H2,1H3/b4-2-. The van der Waals surface area contributed by atoms with E-state index in [1.54, 1.807) is 6.08 Å². The molecule has 0 saturated carbocycles. The van der Waals surface area contributed by atoms with Crippen molar-refractivity contribution in [3.05, 3.63) is 51.8 Å². The molecule has 17 heavy (non-hydrogen) atoms. The van der Waals surface area contributed by atoms with Crippen LogP contribution in [0.15, 0.2) is 30.4 Å². The third kappa shape index (κ3) is 4.14. The van der Waals surface area contributed by atoms with Crippen LogP contribution in [-0.4, -0.2) is 10.7 Å². The molecule has 0 aliphatic carbocycles. The lowest BCUT2D eigenvalue weighted by Gasteiger charge is -2.00. The molecule has 0 spiro atoms. The molecule has 0 fully saturated rings. The van der Waals surface area contributed by atoms with Crippen molar-refractivity contribution in [2.75, 3.05) is 0 Å². The highest BCUT2D eigenvalue weighted by molar-refractivity contribution is 5.87. The van der Waals surface area contributed by atoms with Gasteiger partial charge in [-0.05, 0) is 37.5 Å². The average Bonchev–Trinajstić information content (AvgIpc) is 2.25.